The maximum Gasteiger partial charge on any atom is 0.325 e. The van der Waals surface area contributed by atoms with Crippen LogP contribution in [0, 0.1) is 11.8 Å². The SMILES string of the molecule is CCCCCC[C@H]1OC(=O)CNC(=O)[C@H](C(C)O)NC(=O)[C@H](CN)NC(=O)[C@H](c2ccccc2)NC(=O)[C@H](CC(C)C)N(C)C(=O)[C@@H]1C. The van der Waals surface area contributed by atoms with Crippen LogP contribution in [0.3, 0.4) is 0 Å². The number of hydrogen-bond donors (Lipinski definition) is 6. The molecule has 1 aromatic rings. The molecule has 0 saturated carbocycles. The minimum absolute atomic E-state index is 0.0182. The van der Waals surface area contributed by atoms with Gasteiger partial charge in [-0.2, -0.15) is 0 Å². The van der Waals surface area contributed by atoms with Crippen LogP contribution >= 0.6 is 0 Å². The minimum Gasteiger partial charge on any atom is -0.460 e. The normalized spacial score (nSPS) is 26.3. The lowest BCUT2D eigenvalue weighted by molar-refractivity contribution is -0.157. The van der Waals surface area contributed by atoms with Crippen LogP contribution in [0.1, 0.15) is 84.7 Å². The third-order valence-corrected chi connectivity index (χ3v) is 8.40. The Hall–Kier alpha value is -4.04. The number of cyclic esters (lactones) is 1. The molecule has 14 nitrogen and oxygen atoms in total. The van der Waals surface area contributed by atoms with Crippen LogP contribution in [0.25, 0.3) is 0 Å². The molecular weight excluding hydrogens is 620 g/mol. The second kappa shape index (κ2) is 19.7. The van der Waals surface area contributed by atoms with E-state index in [-0.39, 0.29) is 18.9 Å². The van der Waals surface area contributed by atoms with Crippen molar-refractivity contribution in [1.29, 1.82) is 0 Å². The number of aliphatic hydroxyl groups excluding tert-OH is 1. The average molecular weight is 675 g/mol. The van der Waals surface area contributed by atoms with E-state index < -0.39 is 84.3 Å². The number of likely N-dealkylation sites (N-methyl/N-ethyl adjacent to an activating group) is 1. The van der Waals surface area contributed by atoms with Crippen molar-refractivity contribution in [2.24, 2.45) is 17.6 Å². The molecule has 0 radical (unpaired) electrons. The number of benzene rings is 1. The van der Waals surface area contributed by atoms with Crippen molar-refractivity contribution in [2.45, 2.75) is 110 Å². The summed E-state index contributed by atoms with van der Waals surface area (Å²) in [6.07, 6.45) is 1.89. The molecule has 0 aliphatic carbocycles. The van der Waals surface area contributed by atoms with Gasteiger partial charge >= 0.3 is 5.97 Å². The van der Waals surface area contributed by atoms with Crippen molar-refractivity contribution in [3.05, 3.63) is 35.9 Å². The van der Waals surface area contributed by atoms with E-state index in [0.29, 0.717) is 18.4 Å². The summed E-state index contributed by atoms with van der Waals surface area (Å²) in [6, 6.07) is 3.27. The number of carbonyl (C=O) groups is 6. The Morgan fingerprint density at radius 2 is 1.58 bits per heavy atom. The van der Waals surface area contributed by atoms with Crippen LogP contribution < -0.4 is 27.0 Å². The largest absolute Gasteiger partial charge is 0.460 e. The molecule has 1 unspecified atom stereocenters. The number of carbonyl (C=O) groups excluding carboxylic acids is 6. The fraction of sp³-hybridized carbons (Fsp3) is 0.647. The number of esters is 1. The number of rotatable bonds is 10. The highest BCUT2D eigenvalue weighted by molar-refractivity contribution is 5.96. The highest BCUT2D eigenvalue weighted by atomic mass is 16.5. The van der Waals surface area contributed by atoms with Crippen molar-refractivity contribution in [2.75, 3.05) is 20.1 Å². The monoisotopic (exact) mass is 674 g/mol. The van der Waals surface area contributed by atoms with Crippen LogP contribution in [-0.2, 0) is 33.5 Å². The molecule has 7 N–H and O–H groups in total. The smallest absolute Gasteiger partial charge is 0.325 e. The van der Waals surface area contributed by atoms with Crippen molar-refractivity contribution >= 4 is 35.5 Å². The molecule has 7 atom stereocenters. The molecule has 0 spiro atoms. The summed E-state index contributed by atoms with van der Waals surface area (Å²) in [6.45, 7) is 7.82. The molecular formula is C34H54N6O8. The lowest BCUT2D eigenvalue weighted by Crippen LogP contribution is -2.60. The van der Waals surface area contributed by atoms with Gasteiger partial charge in [-0.3, -0.25) is 28.8 Å². The second-order valence-electron chi connectivity index (χ2n) is 12.9. The maximum absolute atomic E-state index is 14.0. The molecule has 0 aromatic heterocycles. The van der Waals surface area contributed by atoms with Gasteiger partial charge in [0.15, 0.2) is 0 Å². The quantitative estimate of drug-likeness (QED) is 0.152. The summed E-state index contributed by atoms with van der Waals surface area (Å²) in [5.41, 5.74) is 6.25. The standard InChI is InChI=1S/C34H54N6O8/c1-7-8-9-13-16-26-21(4)34(47)40(6)25(17-20(2)3)31(44)39-29(23-14-11-10-12-15-23)33(46)37-24(18-35)30(43)38-28(22(5)41)32(45)36-19-27(42)48-26/h10-12,14-15,20-22,24-26,28-29,41H,7-9,13,16-19,35H2,1-6H3,(H,36,45)(H,37,46)(H,38,43)(H,39,44)/t21-,22?,24+,25+,26-,28+,29+/m1/s1. The number of amides is 5. The molecule has 1 aliphatic rings. The van der Waals surface area contributed by atoms with E-state index in [2.05, 4.69) is 28.2 Å². The fourth-order valence-electron chi connectivity index (χ4n) is 5.51. The molecule has 1 saturated heterocycles. The first-order valence-corrected chi connectivity index (χ1v) is 16.8. The summed E-state index contributed by atoms with van der Waals surface area (Å²) in [4.78, 5) is 82.2. The van der Waals surface area contributed by atoms with Crippen molar-refractivity contribution in [3.63, 3.8) is 0 Å². The minimum atomic E-state index is -1.50. The first kappa shape index (κ1) is 40.1. The molecule has 48 heavy (non-hydrogen) atoms. The molecule has 0 bridgehead atoms. The maximum atomic E-state index is 14.0. The topological polar surface area (TPSA) is 209 Å². The molecule has 1 aromatic carbocycles. The van der Waals surface area contributed by atoms with E-state index in [1.54, 1.807) is 37.3 Å². The van der Waals surface area contributed by atoms with Gasteiger partial charge < -0.3 is 41.7 Å². The van der Waals surface area contributed by atoms with Gasteiger partial charge in [0.2, 0.25) is 29.5 Å². The number of nitrogens with two attached hydrogens (primary N) is 1. The van der Waals surface area contributed by atoms with Gasteiger partial charge in [0.1, 0.15) is 36.8 Å². The Balaban J connectivity index is 2.60. The molecule has 2 rings (SSSR count). The number of aliphatic hydroxyl groups is 1. The molecule has 1 fully saturated rings. The third-order valence-electron chi connectivity index (χ3n) is 8.40. The Labute approximate surface area is 283 Å². The number of nitrogens with one attached hydrogen (secondary N) is 4. The number of unbranched alkanes of at least 4 members (excludes halogenated alkanes) is 3. The fourth-order valence-corrected chi connectivity index (χ4v) is 5.51. The van der Waals surface area contributed by atoms with E-state index in [0.717, 1.165) is 19.3 Å². The van der Waals surface area contributed by atoms with Crippen LogP contribution in [0.15, 0.2) is 30.3 Å². The highest BCUT2D eigenvalue weighted by Gasteiger charge is 2.38. The van der Waals surface area contributed by atoms with Gasteiger partial charge in [0, 0.05) is 13.6 Å². The lowest BCUT2D eigenvalue weighted by Gasteiger charge is -2.34. The average Bonchev–Trinajstić information content (AvgIpc) is 3.05. The number of ether oxygens (including phenoxy) is 1. The second-order valence-corrected chi connectivity index (χ2v) is 12.9. The predicted molar refractivity (Wildman–Crippen MR) is 179 cm³/mol. The van der Waals surface area contributed by atoms with E-state index >= 15 is 0 Å². The van der Waals surface area contributed by atoms with Gasteiger partial charge in [0.25, 0.3) is 0 Å². The zero-order valence-corrected chi connectivity index (χ0v) is 29.0. The van der Waals surface area contributed by atoms with Gasteiger partial charge in [-0.05, 0) is 37.7 Å². The summed E-state index contributed by atoms with van der Waals surface area (Å²) in [7, 11) is 1.51. The Bertz CT molecular complexity index is 1240. The number of hydrogen-bond acceptors (Lipinski definition) is 9. The Kier molecular flexibility index (Phi) is 16.5. The van der Waals surface area contributed by atoms with E-state index in [9.17, 15) is 33.9 Å². The Morgan fingerprint density at radius 1 is 0.917 bits per heavy atom. The lowest BCUT2D eigenvalue weighted by atomic mass is 9.94. The third kappa shape index (κ3) is 11.9. The molecule has 14 heteroatoms. The molecule has 268 valence electrons. The zero-order valence-electron chi connectivity index (χ0n) is 29.0. The summed E-state index contributed by atoms with van der Waals surface area (Å²) in [5, 5.41) is 20.4. The highest BCUT2D eigenvalue weighted by Crippen LogP contribution is 2.22. The van der Waals surface area contributed by atoms with E-state index in [4.69, 9.17) is 10.5 Å². The summed E-state index contributed by atoms with van der Waals surface area (Å²) in [5.74, 6) is -5.19. The summed E-state index contributed by atoms with van der Waals surface area (Å²) < 4.78 is 5.74. The van der Waals surface area contributed by atoms with Crippen molar-refractivity contribution in [3.8, 4) is 0 Å². The van der Waals surface area contributed by atoms with E-state index in [1.807, 2.05) is 13.8 Å². The molecule has 5 amide bonds. The van der Waals surface area contributed by atoms with Crippen molar-refractivity contribution in [1.82, 2.24) is 26.2 Å². The first-order chi connectivity index (χ1) is 22.7. The van der Waals surface area contributed by atoms with Gasteiger partial charge in [-0.15, -0.1) is 0 Å². The summed E-state index contributed by atoms with van der Waals surface area (Å²) >= 11 is 0. The van der Waals surface area contributed by atoms with Crippen LogP contribution in [0.5, 0.6) is 0 Å². The van der Waals surface area contributed by atoms with Crippen LogP contribution in [-0.4, -0.2) is 96.0 Å². The molecule has 1 aliphatic heterocycles. The predicted octanol–water partition coefficient (Wildman–Crippen LogP) is 0.674. The first-order valence-electron chi connectivity index (χ1n) is 16.8. The molecule has 1 heterocycles. The Morgan fingerprint density at radius 3 is 2.17 bits per heavy atom. The van der Waals surface area contributed by atoms with Crippen LogP contribution in [0.2, 0.25) is 0 Å². The van der Waals surface area contributed by atoms with Gasteiger partial charge in [0.05, 0.1) is 12.0 Å². The van der Waals surface area contributed by atoms with Crippen molar-refractivity contribution < 1.29 is 38.6 Å². The van der Waals surface area contributed by atoms with E-state index in [1.165, 1.54) is 18.9 Å². The number of nitrogens with zero attached hydrogens (tertiary/aromatic N) is 1. The van der Waals surface area contributed by atoms with Crippen LogP contribution in [0.4, 0.5) is 0 Å². The van der Waals surface area contributed by atoms with Gasteiger partial charge in [-0.1, -0.05) is 77.3 Å². The van der Waals surface area contributed by atoms with Gasteiger partial charge in [-0.25, -0.2) is 0 Å². The zero-order chi connectivity index (χ0) is 36.0.